The van der Waals surface area contributed by atoms with Crippen molar-refractivity contribution in [3.8, 4) is 11.5 Å². The van der Waals surface area contributed by atoms with Crippen LogP contribution in [-0.2, 0) is 4.84 Å². The molecule has 2 atom stereocenters. The van der Waals surface area contributed by atoms with Crippen LogP contribution in [0.15, 0.2) is 84.0 Å². The molecule has 0 amide bonds. The summed E-state index contributed by atoms with van der Waals surface area (Å²) in [6.07, 6.45) is 3.20. The predicted octanol–water partition coefficient (Wildman–Crippen LogP) is 5.19. The number of rotatable bonds is 7. The Kier molecular flexibility index (Phi) is 6.58. The molecule has 0 radical (unpaired) electrons. The molecule has 34 heavy (non-hydrogen) atoms. The Bertz CT molecular complexity index is 1140. The van der Waals surface area contributed by atoms with Crippen molar-refractivity contribution in [2.75, 3.05) is 19.8 Å². The number of carbonyl (C=O) groups is 1. The number of oxime groups is 1. The van der Waals surface area contributed by atoms with Gasteiger partial charge in [0, 0.05) is 24.2 Å². The predicted molar refractivity (Wildman–Crippen MR) is 130 cm³/mol. The van der Waals surface area contributed by atoms with Crippen LogP contribution in [0.25, 0.3) is 0 Å². The Balaban J connectivity index is 1.37. The highest BCUT2D eigenvalue weighted by Crippen LogP contribution is 2.37. The molecule has 2 aliphatic rings. The summed E-state index contributed by atoms with van der Waals surface area (Å²) in [5.41, 5.74) is 2.77. The SMILES string of the molecule is O=C(c1ccc(OCN2CCCCC2)cc1)C1C(c2ccc(O)cc2)=NOC1c1ccccc1. The van der Waals surface area contributed by atoms with Gasteiger partial charge >= 0.3 is 0 Å². The number of likely N-dealkylation sites (tertiary alicyclic amines) is 1. The third-order valence-electron chi connectivity index (χ3n) is 6.44. The lowest BCUT2D eigenvalue weighted by Crippen LogP contribution is -2.33. The lowest BCUT2D eigenvalue weighted by molar-refractivity contribution is 0.0533. The molecule has 1 saturated heterocycles. The van der Waals surface area contributed by atoms with Crippen LogP contribution in [0.1, 0.15) is 46.9 Å². The quantitative estimate of drug-likeness (QED) is 0.496. The standard InChI is InChI=1S/C28H28N2O4/c31-23-13-9-20(10-14-23)26-25(28(34-29-26)22-7-3-1-4-8-22)27(32)21-11-15-24(16-12-21)33-19-30-17-5-2-6-18-30/h1,3-4,7-16,25,28,31H,2,5-6,17-19H2. The highest BCUT2D eigenvalue weighted by molar-refractivity contribution is 6.19. The van der Waals surface area contributed by atoms with Crippen LogP contribution in [0, 0.1) is 5.92 Å². The van der Waals surface area contributed by atoms with Gasteiger partial charge in [-0.15, -0.1) is 0 Å². The molecule has 6 nitrogen and oxygen atoms in total. The van der Waals surface area contributed by atoms with Crippen LogP contribution in [0.5, 0.6) is 11.5 Å². The van der Waals surface area contributed by atoms with Gasteiger partial charge in [-0.05, 0) is 66.9 Å². The van der Waals surface area contributed by atoms with E-state index in [1.807, 2.05) is 54.6 Å². The van der Waals surface area contributed by atoms with Gasteiger partial charge in [0.1, 0.15) is 29.9 Å². The van der Waals surface area contributed by atoms with Crippen molar-refractivity contribution in [3.05, 3.63) is 95.6 Å². The molecule has 1 fully saturated rings. The maximum absolute atomic E-state index is 13.7. The van der Waals surface area contributed by atoms with Gasteiger partial charge in [0.15, 0.2) is 11.9 Å². The lowest BCUT2D eigenvalue weighted by atomic mass is 9.83. The van der Waals surface area contributed by atoms with Gasteiger partial charge in [-0.25, -0.2) is 0 Å². The fourth-order valence-electron chi connectivity index (χ4n) is 4.55. The highest BCUT2D eigenvalue weighted by atomic mass is 16.6. The van der Waals surface area contributed by atoms with Crippen LogP contribution in [0.2, 0.25) is 0 Å². The van der Waals surface area contributed by atoms with E-state index in [9.17, 15) is 9.90 Å². The first-order valence-electron chi connectivity index (χ1n) is 11.8. The average Bonchev–Trinajstić information content (AvgIpc) is 3.34. The second kappa shape index (κ2) is 10.1. The Labute approximate surface area is 199 Å². The number of carbonyl (C=O) groups excluding carboxylic acids is 1. The van der Waals surface area contributed by atoms with Crippen molar-refractivity contribution in [1.29, 1.82) is 0 Å². The van der Waals surface area contributed by atoms with Gasteiger partial charge in [0.2, 0.25) is 0 Å². The maximum Gasteiger partial charge on any atom is 0.176 e. The number of nitrogens with zero attached hydrogens (tertiary/aromatic N) is 2. The molecule has 6 heteroatoms. The molecule has 0 aliphatic carbocycles. The third-order valence-corrected chi connectivity index (χ3v) is 6.44. The zero-order chi connectivity index (χ0) is 23.3. The third kappa shape index (κ3) is 4.82. The van der Waals surface area contributed by atoms with E-state index in [0.29, 0.717) is 18.0 Å². The van der Waals surface area contributed by atoms with Crippen LogP contribution in [0.4, 0.5) is 0 Å². The summed E-state index contributed by atoms with van der Waals surface area (Å²) in [7, 11) is 0. The number of benzene rings is 3. The molecule has 2 heterocycles. The zero-order valence-corrected chi connectivity index (χ0v) is 19.0. The molecular weight excluding hydrogens is 428 g/mol. The number of phenolic OH excluding ortho intramolecular Hbond substituents is 1. The van der Waals surface area contributed by atoms with Gasteiger partial charge in [0.25, 0.3) is 0 Å². The minimum Gasteiger partial charge on any atom is -0.508 e. The van der Waals surface area contributed by atoms with E-state index >= 15 is 0 Å². The molecule has 0 spiro atoms. The molecule has 5 rings (SSSR count). The molecule has 2 unspecified atom stereocenters. The van der Waals surface area contributed by atoms with Gasteiger partial charge in [0.05, 0.1) is 0 Å². The summed E-state index contributed by atoms with van der Waals surface area (Å²) in [6, 6.07) is 23.7. The first-order valence-corrected chi connectivity index (χ1v) is 11.8. The molecule has 2 aliphatic heterocycles. The van der Waals surface area contributed by atoms with E-state index in [4.69, 9.17) is 9.57 Å². The molecule has 1 N–H and O–H groups in total. The first-order chi connectivity index (χ1) is 16.7. The summed E-state index contributed by atoms with van der Waals surface area (Å²) in [5, 5.41) is 14.0. The minimum atomic E-state index is -0.605. The second-order valence-corrected chi connectivity index (χ2v) is 8.78. The smallest absolute Gasteiger partial charge is 0.176 e. The van der Waals surface area contributed by atoms with Gasteiger partial charge in [-0.1, -0.05) is 41.9 Å². The zero-order valence-electron chi connectivity index (χ0n) is 19.0. The highest BCUT2D eigenvalue weighted by Gasteiger charge is 2.41. The Morgan fingerprint density at radius 2 is 1.65 bits per heavy atom. The second-order valence-electron chi connectivity index (χ2n) is 8.78. The maximum atomic E-state index is 13.7. The number of hydrogen-bond donors (Lipinski definition) is 1. The first kappa shape index (κ1) is 22.2. The number of hydrogen-bond acceptors (Lipinski definition) is 6. The molecule has 0 aromatic heterocycles. The molecule has 3 aromatic carbocycles. The van der Waals surface area contributed by atoms with Crippen molar-refractivity contribution in [1.82, 2.24) is 4.90 Å². The van der Waals surface area contributed by atoms with Crippen molar-refractivity contribution in [2.45, 2.75) is 25.4 Å². The van der Waals surface area contributed by atoms with E-state index in [2.05, 4.69) is 10.1 Å². The van der Waals surface area contributed by atoms with Crippen molar-refractivity contribution >= 4 is 11.5 Å². The van der Waals surface area contributed by atoms with Crippen LogP contribution >= 0.6 is 0 Å². The molecule has 0 saturated carbocycles. The Hall–Kier alpha value is -3.64. The lowest BCUT2D eigenvalue weighted by Gasteiger charge is -2.26. The number of phenols is 1. The topological polar surface area (TPSA) is 71.4 Å². The monoisotopic (exact) mass is 456 g/mol. The van der Waals surface area contributed by atoms with E-state index < -0.39 is 12.0 Å². The number of aromatic hydroxyl groups is 1. The number of piperidine rings is 1. The van der Waals surface area contributed by atoms with Gasteiger partial charge < -0.3 is 14.7 Å². The van der Waals surface area contributed by atoms with E-state index in [1.165, 1.54) is 19.3 Å². The number of ketones is 1. The van der Waals surface area contributed by atoms with Crippen LogP contribution in [-0.4, -0.2) is 41.3 Å². The Morgan fingerprint density at radius 3 is 2.35 bits per heavy atom. The van der Waals surface area contributed by atoms with E-state index in [0.717, 1.165) is 30.0 Å². The van der Waals surface area contributed by atoms with Crippen LogP contribution < -0.4 is 4.74 Å². The minimum absolute atomic E-state index is 0.0687. The normalized spacial score (nSPS) is 20.4. The van der Waals surface area contributed by atoms with Crippen molar-refractivity contribution in [2.24, 2.45) is 11.1 Å². The van der Waals surface area contributed by atoms with Crippen molar-refractivity contribution < 1.29 is 19.5 Å². The van der Waals surface area contributed by atoms with Gasteiger partial charge in [-0.2, -0.15) is 0 Å². The number of ether oxygens (including phenoxy) is 1. The molecular formula is C28H28N2O4. The Morgan fingerprint density at radius 1 is 0.941 bits per heavy atom. The van der Waals surface area contributed by atoms with Crippen molar-refractivity contribution in [3.63, 3.8) is 0 Å². The summed E-state index contributed by atoms with van der Waals surface area (Å²) >= 11 is 0. The van der Waals surface area contributed by atoms with Crippen LogP contribution in [0.3, 0.4) is 0 Å². The van der Waals surface area contributed by atoms with Gasteiger partial charge in [-0.3, -0.25) is 9.69 Å². The molecule has 174 valence electrons. The average molecular weight is 457 g/mol. The molecule has 0 bridgehead atoms. The fourth-order valence-corrected chi connectivity index (χ4v) is 4.55. The summed E-state index contributed by atoms with van der Waals surface area (Å²) in [5.74, 6) is 0.232. The largest absolute Gasteiger partial charge is 0.508 e. The summed E-state index contributed by atoms with van der Waals surface area (Å²) in [4.78, 5) is 21.8. The summed E-state index contributed by atoms with van der Waals surface area (Å²) < 4.78 is 5.94. The van der Waals surface area contributed by atoms with E-state index in [-0.39, 0.29) is 11.5 Å². The summed E-state index contributed by atoms with van der Waals surface area (Å²) in [6.45, 7) is 2.70. The molecule has 3 aromatic rings. The van der Waals surface area contributed by atoms with E-state index in [1.54, 1.807) is 24.3 Å². The number of Topliss-reactive ketones (excluding diaryl/α,β-unsaturated/α-hetero) is 1. The fraction of sp³-hybridized carbons (Fsp3) is 0.286.